The zero-order chi connectivity index (χ0) is 14.9. The average Bonchev–Trinajstić information content (AvgIpc) is 2.68. The largest absolute Gasteiger partial charge is 0.484 e. The second-order valence-electron chi connectivity index (χ2n) is 5.09. The summed E-state index contributed by atoms with van der Waals surface area (Å²) >= 11 is 0. The predicted molar refractivity (Wildman–Crippen MR) is 73.1 cm³/mol. The molecule has 1 aromatic carbocycles. The van der Waals surface area contributed by atoms with Crippen molar-refractivity contribution in [3.8, 4) is 5.75 Å². The molecule has 0 amide bonds. The number of rotatable bonds is 4. The van der Waals surface area contributed by atoms with E-state index in [-0.39, 0.29) is 30.6 Å². The molecule has 0 saturated carbocycles. The molecule has 0 aromatic heterocycles. The number of β-amino-alcohol motifs (C(OH)–C–C–N with tert-alkyl or cyclic N) is 2. The molecule has 0 bridgehead atoms. The van der Waals surface area contributed by atoms with Gasteiger partial charge in [0.05, 0.1) is 23.2 Å². The van der Waals surface area contributed by atoms with E-state index in [9.17, 15) is 20.3 Å². The highest BCUT2D eigenvalue weighted by Gasteiger charge is 2.34. The van der Waals surface area contributed by atoms with Crippen LogP contribution in [0.1, 0.15) is 13.8 Å². The third-order valence-electron chi connectivity index (χ3n) is 3.12. The first-order valence-electron chi connectivity index (χ1n) is 6.45. The van der Waals surface area contributed by atoms with Gasteiger partial charge in [-0.1, -0.05) is 6.07 Å². The van der Waals surface area contributed by atoms with E-state index in [1.807, 2.05) is 0 Å². The van der Waals surface area contributed by atoms with Crippen molar-refractivity contribution in [2.24, 2.45) is 0 Å². The van der Waals surface area contributed by atoms with Crippen LogP contribution in [0.3, 0.4) is 0 Å². The maximum Gasteiger partial charge on any atom is 0.333 e. The van der Waals surface area contributed by atoms with Gasteiger partial charge < -0.3 is 19.8 Å². The SMILES string of the molecule is CC(C)Oc1cccc(N2CC(O)C(O)C2)c1[N+](=O)[O-]. The molecule has 1 heterocycles. The molecule has 0 radical (unpaired) electrons. The highest BCUT2D eigenvalue weighted by Crippen LogP contribution is 2.38. The van der Waals surface area contributed by atoms with Gasteiger partial charge in [-0.2, -0.15) is 0 Å². The number of hydrogen-bond acceptors (Lipinski definition) is 6. The lowest BCUT2D eigenvalue weighted by Gasteiger charge is -2.19. The first-order chi connectivity index (χ1) is 9.40. The van der Waals surface area contributed by atoms with E-state index >= 15 is 0 Å². The van der Waals surface area contributed by atoms with Gasteiger partial charge in [0.2, 0.25) is 0 Å². The minimum atomic E-state index is -0.899. The number of para-hydroxylation sites is 1. The molecule has 1 saturated heterocycles. The van der Waals surface area contributed by atoms with Crippen molar-refractivity contribution in [2.75, 3.05) is 18.0 Å². The Hall–Kier alpha value is -1.86. The highest BCUT2D eigenvalue weighted by molar-refractivity contribution is 5.70. The Labute approximate surface area is 116 Å². The fraction of sp³-hybridized carbons (Fsp3) is 0.538. The summed E-state index contributed by atoms with van der Waals surface area (Å²) in [5.41, 5.74) is 0.214. The summed E-state index contributed by atoms with van der Waals surface area (Å²) in [6, 6.07) is 4.80. The lowest BCUT2D eigenvalue weighted by molar-refractivity contribution is -0.385. The van der Waals surface area contributed by atoms with Crippen LogP contribution in [0.2, 0.25) is 0 Å². The fourth-order valence-corrected chi connectivity index (χ4v) is 2.26. The summed E-state index contributed by atoms with van der Waals surface area (Å²) in [5, 5.41) is 30.5. The summed E-state index contributed by atoms with van der Waals surface area (Å²) in [4.78, 5) is 12.4. The molecular weight excluding hydrogens is 264 g/mol. The Morgan fingerprint density at radius 2 is 1.95 bits per heavy atom. The second kappa shape index (κ2) is 5.64. The van der Waals surface area contributed by atoms with E-state index < -0.39 is 17.1 Å². The van der Waals surface area contributed by atoms with Gasteiger partial charge in [-0.25, -0.2) is 0 Å². The molecule has 0 aliphatic carbocycles. The van der Waals surface area contributed by atoms with Crippen LogP contribution >= 0.6 is 0 Å². The number of aliphatic hydroxyl groups excluding tert-OH is 2. The van der Waals surface area contributed by atoms with E-state index in [1.165, 1.54) is 0 Å². The molecule has 1 aliphatic heterocycles. The van der Waals surface area contributed by atoms with Crippen LogP contribution in [0.5, 0.6) is 5.75 Å². The number of anilines is 1. The average molecular weight is 282 g/mol. The molecule has 20 heavy (non-hydrogen) atoms. The third kappa shape index (κ3) is 2.83. The normalized spacial score (nSPS) is 22.4. The molecular formula is C13H18N2O5. The van der Waals surface area contributed by atoms with Gasteiger partial charge in [0.25, 0.3) is 0 Å². The standard InChI is InChI=1S/C13H18N2O5/c1-8(2)20-12-5-3-4-9(13(12)15(18)19)14-6-10(16)11(17)7-14/h3-5,8,10-11,16-17H,6-7H2,1-2H3. The van der Waals surface area contributed by atoms with Gasteiger partial charge in [-0.3, -0.25) is 10.1 Å². The summed E-state index contributed by atoms with van der Waals surface area (Å²) in [5.74, 6) is 0.193. The Morgan fingerprint density at radius 3 is 2.45 bits per heavy atom. The number of hydrogen-bond donors (Lipinski definition) is 2. The number of benzene rings is 1. The van der Waals surface area contributed by atoms with Crippen molar-refractivity contribution in [3.63, 3.8) is 0 Å². The maximum atomic E-state index is 11.3. The molecule has 110 valence electrons. The molecule has 1 aromatic rings. The van der Waals surface area contributed by atoms with Crippen molar-refractivity contribution in [2.45, 2.75) is 32.2 Å². The van der Waals surface area contributed by atoms with Crippen LogP contribution in [-0.4, -0.2) is 46.5 Å². The van der Waals surface area contributed by atoms with Crippen LogP contribution in [0, 0.1) is 10.1 Å². The molecule has 2 atom stereocenters. The van der Waals surface area contributed by atoms with Crippen LogP contribution in [0.25, 0.3) is 0 Å². The number of nitrogens with zero attached hydrogens (tertiary/aromatic N) is 2. The molecule has 2 unspecified atom stereocenters. The van der Waals surface area contributed by atoms with E-state index in [2.05, 4.69) is 0 Å². The summed E-state index contributed by atoms with van der Waals surface area (Å²) in [6.07, 6.45) is -1.98. The number of nitro groups is 1. The second-order valence-corrected chi connectivity index (χ2v) is 5.09. The molecule has 7 nitrogen and oxygen atoms in total. The van der Waals surface area contributed by atoms with Gasteiger partial charge in [0.15, 0.2) is 5.75 Å². The molecule has 0 spiro atoms. The van der Waals surface area contributed by atoms with E-state index in [4.69, 9.17) is 4.74 Å². The van der Waals surface area contributed by atoms with E-state index in [1.54, 1.807) is 36.9 Å². The Kier molecular flexibility index (Phi) is 4.10. The number of nitro benzene ring substituents is 1. The van der Waals surface area contributed by atoms with Gasteiger partial charge in [0.1, 0.15) is 5.69 Å². The van der Waals surface area contributed by atoms with Crippen molar-refractivity contribution in [3.05, 3.63) is 28.3 Å². The van der Waals surface area contributed by atoms with Crippen molar-refractivity contribution in [1.82, 2.24) is 0 Å². The van der Waals surface area contributed by atoms with Gasteiger partial charge in [-0.15, -0.1) is 0 Å². The fourth-order valence-electron chi connectivity index (χ4n) is 2.26. The van der Waals surface area contributed by atoms with Crippen LogP contribution in [0.4, 0.5) is 11.4 Å². The lowest BCUT2D eigenvalue weighted by Crippen LogP contribution is -2.22. The maximum absolute atomic E-state index is 11.3. The van der Waals surface area contributed by atoms with Crippen LogP contribution in [-0.2, 0) is 0 Å². The van der Waals surface area contributed by atoms with Crippen molar-refractivity contribution < 1.29 is 19.9 Å². The molecule has 1 fully saturated rings. The van der Waals surface area contributed by atoms with E-state index in [0.29, 0.717) is 5.69 Å². The highest BCUT2D eigenvalue weighted by atomic mass is 16.6. The van der Waals surface area contributed by atoms with Gasteiger partial charge >= 0.3 is 5.69 Å². The Morgan fingerprint density at radius 1 is 1.35 bits per heavy atom. The number of aliphatic hydroxyl groups is 2. The van der Waals surface area contributed by atoms with Gasteiger partial charge in [-0.05, 0) is 26.0 Å². The molecule has 7 heteroatoms. The predicted octanol–water partition coefficient (Wildman–Crippen LogP) is 0.924. The third-order valence-corrected chi connectivity index (χ3v) is 3.12. The first-order valence-corrected chi connectivity index (χ1v) is 6.45. The zero-order valence-corrected chi connectivity index (χ0v) is 11.4. The van der Waals surface area contributed by atoms with E-state index in [0.717, 1.165) is 0 Å². The van der Waals surface area contributed by atoms with Crippen LogP contribution < -0.4 is 9.64 Å². The first kappa shape index (κ1) is 14.5. The number of ether oxygens (including phenoxy) is 1. The molecule has 2 N–H and O–H groups in total. The zero-order valence-electron chi connectivity index (χ0n) is 11.4. The summed E-state index contributed by atoms with van der Waals surface area (Å²) in [6.45, 7) is 3.90. The monoisotopic (exact) mass is 282 g/mol. The van der Waals surface area contributed by atoms with Crippen LogP contribution in [0.15, 0.2) is 18.2 Å². The van der Waals surface area contributed by atoms with Crippen molar-refractivity contribution in [1.29, 1.82) is 0 Å². The summed E-state index contributed by atoms with van der Waals surface area (Å²) < 4.78 is 5.47. The minimum Gasteiger partial charge on any atom is -0.484 e. The smallest absolute Gasteiger partial charge is 0.333 e. The van der Waals surface area contributed by atoms with Gasteiger partial charge in [0, 0.05) is 13.1 Å². The Bertz CT molecular complexity index is 496. The summed E-state index contributed by atoms with van der Waals surface area (Å²) in [7, 11) is 0. The van der Waals surface area contributed by atoms with Crippen molar-refractivity contribution >= 4 is 11.4 Å². The topological polar surface area (TPSA) is 96.1 Å². The molecule has 1 aliphatic rings. The lowest BCUT2D eigenvalue weighted by atomic mass is 10.2. The molecule has 2 rings (SSSR count). The quantitative estimate of drug-likeness (QED) is 0.630. The minimum absolute atomic E-state index is 0.137. The Balaban J connectivity index is 2.40.